The van der Waals surface area contributed by atoms with E-state index < -0.39 is 0 Å². The predicted octanol–water partition coefficient (Wildman–Crippen LogP) is 2.97. The number of thioether (sulfide) groups is 1. The van der Waals surface area contributed by atoms with Crippen molar-refractivity contribution in [2.24, 2.45) is 0 Å². The lowest BCUT2D eigenvalue weighted by molar-refractivity contribution is 0.643. The van der Waals surface area contributed by atoms with Gasteiger partial charge in [-0.3, -0.25) is 4.98 Å². The standard InChI is InChI=1S/C11H17ClN2S/c1-15-7-3-2-5-13-8-10-4-6-14-9-11(10)12/h4,6,9,13H,2-3,5,7-8H2,1H3. The van der Waals surface area contributed by atoms with E-state index in [9.17, 15) is 0 Å². The van der Waals surface area contributed by atoms with Gasteiger partial charge in [0, 0.05) is 18.9 Å². The molecule has 2 nitrogen and oxygen atoms in total. The van der Waals surface area contributed by atoms with Gasteiger partial charge in [0.2, 0.25) is 0 Å². The van der Waals surface area contributed by atoms with Gasteiger partial charge in [0.25, 0.3) is 0 Å². The summed E-state index contributed by atoms with van der Waals surface area (Å²) in [6.45, 7) is 1.89. The highest BCUT2D eigenvalue weighted by molar-refractivity contribution is 7.98. The SMILES string of the molecule is CSCCCCNCc1ccncc1Cl. The molecule has 0 aliphatic heterocycles. The van der Waals surface area contributed by atoms with E-state index in [4.69, 9.17) is 11.6 Å². The summed E-state index contributed by atoms with van der Waals surface area (Å²) in [7, 11) is 0. The summed E-state index contributed by atoms with van der Waals surface area (Å²) >= 11 is 7.88. The minimum absolute atomic E-state index is 0.745. The number of hydrogen-bond donors (Lipinski definition) is 1. The van der Waals surface area contributed by atoms with Gasteiger partial charge in [-0.25, -0.2) is 0 Å². The van der Waals surface area contributed by atoms with Crippen LogP contribution in [0, 0.1) is 0 Å². The average molecular weight is 245 g/mol. The molecule has 0 fully saturated rings. The molecule has 4 heteroatoms. The maximum atomic E-state index is 5.98. The molecule has 1 aromatic heterocycles. The zero-order valence-corrected chi connectivity index (χ0v) is 10.6. The van der Waals surface area contributed by atoms with Crippen LogP contribution in [0.2, 0.25) is 5.02 Å². The van der Waals surface area contributed by atoms with Crippen LogP contribution in [0.15, 0.2) is 18.5 Å². The summed E-state index contributed by atoms with van der Waals surface area (Å²) in [6, 6.07) is 1.96. The van der Waals surface area contributed by atoms with E-state index in [1.807, 2.05) is 17.8 Å². The second-order valence-electron chi connectivity index (χ2n) is 3.34. The third-order valence-electron chi connectivity index (χ3n) is 2.12. The van der Waals surface area contributed by atoms with Gasteiger partial charge in [-0.15, -0.1) is 0 Å². The van der Waals surface area contributed by atoms with Gasteiger partial charge >= 0.3 is 0 Å². The third-order valence-corrected chi connectivity index (χ3v) is 3.16. The number of aromatic nitrogens is 1. The Morgan fingerprint density at radius 2 is 2.33 bits per heavy atom. The van der Waals surface area contributed by atoms with Crippen LogP contribution in [-0.2, 0) is 6.54 Å². The van der Waals surface area contributed by atoms with Crippen molar-refractivity contribution in [3.63, 3.8) is 0 Å². The van der Waals surface area contributed by atoms with Gasteiger partial charge in [0.15, 0.2) is 0 Å². The van der Waals surface area contributed by atoms with E-state index in [1.165, 1.54) is 18.6 Å². The lowest BCUT2D eigenvalue weighted by atomic mass is 10.2. The van der Waals surface area contributed by atoms with E-state index in [1.54, 1.807) is 12.4 Å². The Kier molecular flexibility index (Phi) is 6.81. The van der Waals surface area contributed by atoms with E-state index in [-0.39, 0.29) is 0 Å². The molecule has 1 aromatic rings. The highest BCUT2D eigenvalue weighted by atomic mass is 35.5. The van der Waals surface area contributed by atoms with Crippen LogP contribution in [0.4, 0.5) is 0 Å². The van der Waals surface area contributed by atoms with Gasteiger partial charge in [-0.05, 0) is 43.0 Å². The number of pyridine rings is 1. The highest BCUT2D eigenvalue weighted by Crippen LogP contribution is 2.12. The Morgan fingerprint density at radius 1 is 1.47 bits per heavy atom. The van der Waals surface area contributed by atoms with Gasteiger partial charge in [-0.1, -0.05) is 11.6 Å². The number of halogens is 1. The first-order chi connectivity index (χ1) is 7.34. The first kappa shape index (κ1) is 12.8. The Morgan fingerprint density at radius 3 is 3.07 bits per heavy atom. The largest absolute Gasteiger partial charge is 0.313 e. The molecule has 0 aromatic carbocycles. The van der Waals surface area contributed by atoms with Crippen LogP contribution >= 0.6 is 23.4 Å². The molecular formula is C11H17ClN2S. The van der Waals surface area contributed by atoms with Crippen molar-refractivity contribution in [2.45, 2.75) is 19.4 Å². The molecule has 0 amide bonds. The summed E-state index contributed by atoms with van der Waals surface area (Å²) in [4.78, 5) is 3.95. The molecule has 1 heterocycles. The van der Waals surface area contributed by atoms with Gasteiger partial charge in [0.1, 0.15) is 0 Å². The molecule has 15 heavy (non-hydrogen) atoms. The van der Waals surface area contributed by atoms with Crippen molar-refractivity contribution >= 4 is 23.4 Å². The molecule has 0 spiro atoms. The molecule has 0 aliphatic rings. The first-order valence-electron chi connectivity index (χ1n) is 5.12. The maximum absolute atomic E-state index is 5.98. The van der Waals surface area contributed by atoms with Crippen molar-refractivity contribution in [2.75, 3.05) is 18.6 Å². The Labute approximate surface area is 101 Å². The molecule has 0 aliphatic carbocycles. The molecule has 0 radical (unpaired) electrons. The van der Waals surface area contributed by atoms with Crippen LogP contribution in [0.3, 0.4) is 0 Å². The second kappa shape index (κ2) is 7.97. The molecule has 1 N–H and O–H groups in total. The number of nitrogens with zero attached hydrogens (tertiary/aromatic N) is 1. The highest BCUT2D eigenvalue weighted by Gasteiger charge is 1.97. The van der Waals surface area contributed by atoms with E-state index in [2.05, 4.69) is 16.6 Å². The number of nitrogens with one attached hydrogen (secondary N) is 1. The van der Waals surface area contributed by atoms with Crippen LogP contribution in [0.1, 0.15) is 18.4 Å². The topological polar surface area (TPSA) is 24.9 Å². The minimum atomic E-state index is 0.745. The Balaban J connectivity index is 2.12. The normalized spacial score (nSPS) is 10.5. The van der Waals surface area contributed by atoms with E-state index in [0.29, 0.717) is 0 Å². The van der Waals surface area contributed by atoms with Gasteiger partial charge < -0.3 is 5.32 Å². The summed E-state index contributed by atoms with van der Waals surface area (Å²) in [5.74, 6) is 1.25. The van der Waals surface area contributed by atoms with Gasteiger partial charge in [0.05, 0.1) is 5.02 Å². The van der Waals surface area contributed by atoms with Crippen LogP contribution in [0.25, 0.3) is 0 Å². The summed E-state index contributed by atoms with van der Waals surface area (Å²) < 4.78 is 0. The summed E-state index contributed by atoms with van der Waals surface area (Å²) in [6.07, 6.45) is 8.11. The first-order valence-corrected chi connectivity index (χ1v) is 6.90. The van der Waals surface area contributed by atoms with Crippen molar-refractivity contribution in [1.82, 2.24) is 10.3 Å². The fourth-order valence-corrected chi connectivity index (χ4v) is 1.95. The second-order valence-corrected chi connectivity index (χ2v) is 4.74. The molecule has 0 bridgehead atoms. The molecule has 84 valence electrons. The van der Waals surface area contributed by atoms with Crippen LogP contribution in [0.5, 0.6) is 0 Å². The lowest BCUT2D eigenvalue weighted by Crippen LogP contribution is -2.15. The number of unbranched alkanes of at least 4 members (excludes halogenated alkanes) is 1. The molecular weight excluding hydrogens is 228 g/mol. The molecule has 0 unspecified atom stereocenters. The van der Waals surface area contributed by atoms with Crippen molar-refractivity contribution in [3.8, 4) is 0 Å². The Bertz CT molecular complexity index is 281. The quantitative estimate of drug-likeness (QED) is 0.747. The van der Waals surface area contributed by atoms with Crippen molar-refractivity contribution < 1.29 is 0 Å². The number of rotatable bonds is 7. The third kappa shape index (κ3) is 5.40. The monoisotopic (exact) mass is 244 g/mol. The Hall–Kier alpha value is -0.250. The fraction of sp³-hybridized carbons (Fsp3) is 0.545. The molecule has 0 saturated carbocycles. The number of hydrogen-bond acceptors (Lipinski definition) is 3. The van der Waals surface area contributed by atoms with Crippen molar-refractivity contribution in [3.05, 3.63) is 29.0 Å². The smallest absolute Gasteiger partial charge is 0.0634 e. The average Bonchev–Trinajstić information content (AvgIpc) is 2.25. The fourth-order valence-electron chi connectivity index (χ4n) is 1.27. The summed E-state index contributed by atoms with van der Waals surface area (Å²) in [5.41, 5.74) is 1.12. The molecule has 0 atom stereocenters. The summed E-state index contributed by atoms with van der Waals surface area (Å²) in [5, 5.41) is 4.12. The van der Waals surface area contributed by atoms with Crippen molar-refractivity contribution in [1.29, 1.82) is 0 Å². The van der Waals surface area contributed by atoms with Gasteiger partial charge in [-0.2, -0.15) is 11.8 Å². The molecule has 0 saturated heterocycles. The minimum Gasteiger partial charge on any atom is -0.313 e. The lowest BCUT2D eigenvalue weighted by Gasteiger charge is -2.05. The van der Waals surface area contributed by atoms with E-state index >= 15 is 0 Å². The van der Waals surface area contributed by atoms with E-state index in [0.717, 1.165) is 23.7 Å². The molecule has 1 rings (SSSR count). The van der Waals surface area contributed by atoms with Crippen LogP contribution < -0.4 is 5.32 Å². The zero-order chi connectivity index (χ0) is 10.9. The maximum Gasteiger partial charge on any atom is 0.0634 e. The zero-order valence-electron chi connectivity index (χ0n) is 9.00. The van der Waals surface area contributed by atoms with Crippen LogP contribution in [-0.4, -0.2) is 23.5 Å². The predicted molar refractivity (Wildman–Crippen MR) is 68.6 cm³/mol.